The smallest absolute Gasteiger partial charge is 0.325 e. The van der Waals surface area contributed by atoms with E-state index in [0.29, 0.717) is 5.56 Å². The molecule has 0 fully saturated rings. The molecule has 0 aromatic heterocycles. The monoisotopic (exact) mass is 335 g/mol. The van der Waals surface area contributed by atoms with Gasteiger partial charge in [0.25, 0.3) is 0 Å². The molecule has 2 aromatic carbocycles. The number of alkyl halides is 3. The fraction of sp³-hybridized carbons (Fsp3) is 0.316. The third-order valence-corrected chi connectivity index (χ3v) is 3.91. The Hall–Kier alpha value is -2.30. The lowest BCUT2D eigenvalue weighted by atomic mass is 10.0. The minimum absolute atomic E-state index is 0.0410. The first-order valence-electron chi connectivity index (χ1n) is 7.91. The van der Waals surface area contributed by atoms with Crippen LogP contribution in [0.4, 0.5) is 18.9 Å². The van der Waals surface area contributed by atoms with Gasteiger partial charge < -0.3 is 5.32 Å². The van der Waals surface area contributed by atoms with Gasteiger partial charge >= 0.3 is 6.18 Å². The summed E-state index contributed by atoms with van der Waals surface area (Å²) in [5, 5.41) is 2.91. The minimum atomic E-state index is -4.36. The van der Waals surface area contributed by atoms with E-state index >= 15 is 0 Å². The van der Waals surface area contributed by atoms with E-state index in [1.54, 1.807) is 0 Å². The summed E-state index contributed by atoms with van der Waals surface area (Å²) in [4.78, 5) is 12.3. The molecule has 0 saturated heterocycles. The van der Waals surface area contributed by atoms with Gasteiger partial charge in [0, 0.05) is 5.69 Å². The van der Waals surface area contributed by atoms with Gasteiger partial charge in [0.15, 0.2) is 0 Å². The SMILES string of the molecule is CCc1cccc(CC)c1NC(=O)Cc1ccc(C(F)(F)F)cc1. The molecule has 0 aliphatic rings. The summed E-state index contributed by atoms with van der Waals surface area (Å²) >= 11 is 0. The van der Waals surface area contributed by atoms with E-state index < -0.39 is 11.7 Å². The highest BCUT2D eigenvalue weighted by atomic mass is 19.4. The Kier molecular flexibility index (Phi) is 5.65. The number of aryl methyl sites for hydroxylation is 2. The molecular weight excluding hydrogens is 315 g/mol. The molecule has 0 atom stereocenters. The molecule has 2 rings (SSSR count). The second kappa shape index (κ2) is 7.51. The molecule has 2 nitrogen and oxygen atoms in total. The number of halogens is 3. The predicted molar refractivity (Wildman–Crippen MR) is 89.0 cm³/mol. The van der Waals surface area contributed by atoms with Crippen molar-refractivity contribution in [2.45, 2.75) is 39.3 Å². The molecule has 1 N–H and O–H groups in total. The van der Waals surface area contributed by atoms with Gasteiger partial charge in [-0.25, -0.2) is 0 Å². The lowest BCUT2D eigenvalue weighted by Crippen LogP contribution is -2.17. The van der Waals surface area contributed by atoms with Gasteiger partial charge in [0.05, 0.1) is 12.0 Å². The van der Waals surface area contributed by atoms with Gasteiger partial charge in [-0.3, -0.25) is 4.79 Å². The Morgan fingerprint density at radius 1 is 0.958 bits per heavy atom. The van der Waals surface area contributed by atoms with E-state index in [1.807, 2.05) is 32.0 Å². The normalized spacial score (nSPS) is 11.4. The number of para-hydroxylation sites is 1. The van der Waals surface area contributed by atoms with E-state index in [9.17, 15) is 18.0 Å². The Balaban J connectivity index is 2.12. The molecule has 128 valence electrons. The number of benzene rings is 2. The average molecular weight is 335 g/mol. The number of anilines is 1. The van der Waals surface area contributed by atoms with Crippen LogP contribution >= 0.6 is 0 Å². The molecule has 0 heterocycles. The number of rotatable bonds is 5. The first-order valence-corrected chi connectivity index (χ1v) is 7.91. The van der Waals surface area contributed by atoms with Crippen molar-refractivity contribution >= 4 is 11.6 Å². The summed E-state index contributed by atoms with van der Waals surface area (Å²) in [7, 11) is 0. The maximum Gasteiger partial charge on any atom is 0.416 e. The maximum absolute atomic E-state index is 12.6. The van der Waals surface area contributed by atoms with Crippen LogP contribution in [0.25, 0.3) is 0 Å². The summed E-state index contributed by atoms with van der Waals surface area (Å²) in [5.41, 5.74) is 2.76. The number of carbonyl (C=O) groups excluding carboxylic acids is 1. The highest BCUT2D eigenvalue weighted by Crippen LogP contribution is 2.29. The molecule has 0 radical (unpaired) electrons. The van der Waals surface area contributed by atoms with Crippen molar-refractivity contribution in [2.75, 3.05) is 5.32 Å². The summed E-state index contributed by atoms with van der Waals surface area (Å²) in [5.74, 6) is -0.231. The zero-order valence-electron chi connectivity index (χ0n) is 13.7. The Bertz CT molecular complexity index is 683. The van der Waals surface area contributed by atoms with Crippen molar-refractivity contribution in [3.8, 4) is 0 Å². The van der Waals surface area contributed by atoms with E-state index in [1.165, 1.54) is 12.1 Å². The van der Waals surface area contributed by atoms with Crippen molar-refractivity contribution in [2.24, 2.45) is 0 Å². The van der Waals surface area contributed by atoms with Crippen LogP contribution in [-0.2, 0) is 30.2 Å². The van der Waals surface area contributed by atoms with E-state index in [2.05, 4.69) is 5.32 Å². The molecule has 0 aliphatic carbocycles. The second-order valence-corrected chi connectivity index (χ2v) is 5.58. The van der Waals surface area contributed by atoms with Crippen LogP contribution in [0.1, 0.15) is 36.1 Å². The van der Waals surface area contributed by atoms with E-state index in [4.69, 9.17) is 0 Å². The predicted octanol–water partition coefficient (Wildman–Crippen LogP) is 5.01. The zero-order chi connectivity index (χ0) is 17.7. The third kappa shape index (κ3) is 4.37. The molecule has 0 unspecified atom stereocenters. The van der Waals surface area contributed by atoms with Crippen molar-refractivity contribution in [1.29, 1.82) is 0 Å². The van der Waals surface area contributed by atoms with Gasteiger partial charge in [0.1, 0.15) is 0 Å². The molecule has 24 heavy (non-hydrogen) atoms. The number of carbonyl (C=O) groups is 1. The molecular formula is C19H20F3NO. The maximum atomic E-state index is 12.6. The van der Waals surface area contributed by atoms with Crippen LogP contribution in [0.3, 0.4) is 0 Å². The number of hydrogen-bond acceptors (Lipinski definition) is 1. The van der Waals surface area contributed by atoms with Crippen molar-refractivity contribution in [3.05, 3.63) is 64.7 Å². The van der Waals surface area contributed by atoms with Crippen molar-refractivity contribution in [1.82, 2.24) is 0 Å². The quantitative estimate of drug-likeness (QED) is 0.817. The minimum Gasteiger partial charge on any atom is -0.325 e. The number of amides is 1. The topological polar surface area (TPSA) is 29.1 Å². The van der Waals surface area contributed by atoms with Crippen LogP contribution in [-0.4, -0.2) is 5.91 Å². The Morgan fingerprint density at radius 3 is 1.96 bits per heavy atom. The van der Waals surface area contributed by atoms with Crippen molar-refractivity contribution < 1.29 is 18.0 Å². The molecule has 0 aliphatic heterocycles. The van der Waals surface area contributed by atoms with Gasteiger partial charge in [-0.05, 0) is 41.7 Å². The van der Waals surface area contributed by atoms with Crippen molar-refractivity contribution in [3.63, 3.8) is 0 Å². The van der Waals surface area contributed by atoms with E-state index in [0.717, 1.165) is 41.8 Å². The third-order valence-electron chi connectivity index (χ3n) is 3.91. The Morgan fingerprint density at radius 2 is 1.50 bits per heavy atom. The highest BCUT2D eigenvalue weighted by Gasteiger charge is 2.29. The van der Waals surface area contributed by atoms with Crippen LogP contribution in [0.2, 0.25) is 0 Å². The van der Waals surface area contributed by atoms with Crippen LogP contribution in [0, 0.1) is 0 Å². The largest absolute Gasteiger partial charge is 0.416 e. The molecule has 2 aromatic rings. The average Bonchev–Trinajstić information content (AvgIpc) is 2.54. The lowest BCUT2D eigenvalue weighted by molar-refractivity contribution is -0.137. The summed E-state index contributed by atoms with van der Waals surface area (Å²) in [6.07, 6.45) is -2.73. The zero-order valence-corrected chi connectivity index (χ0v) is 13.7. The first-order chi connectivity index (χ1) is 11.3. The van der Waals surface area contributed by atoms with Gasteiger partial charge in [-0.15, -0.1) is 0 Å². The number of hydrogen-bond donors (Lipinski definition) is 1. The molecule has 0 bridgehead atoms. The molecule has 5 heteroatoms. The highest BCUT2D eigenvalue weighted by molar-refractivity contribution is 5.93. The second-order valence-electron chi connectivity index (χ2n) is 5.58. The van der Waals surface area contributed by atoms with Gasteiger partial charge in [-0.1, -0.05) is 44.2 Å². The lowest BCUT2D eigenvalue weighted by Gasteiger charge is -2.14. The molecule has 0 saturated carbocycles. The Labute approximate surface area is 139 Å². The molecule has 0 spiro atoms. The van der Waals surface area contributed by atoms with Gasteiger partial charge in [0.2, 0.25) is 5.91 Å². The van der Waals surface area contributed by atoms with Crippen LogP contribution < -0.4 is 5.32 Å². The summed E-state index contributed by atoms with van der Waals surface area (Å²) in [6, 6.07) is 10.6. The fourth-order valence-corrected chi connectivity index (χ4v) is 2.58. The first kappa shape index (κ1) is 18.0. The molecule has 1 amide bonds. The van der Waals surface area contributed by atoms with Crippen LogP contribution in [0.5, 0.6) is 0 Å². The summed E-state index contributed by atoms with van der Waals surface area (Å²) < 4.78 is 37.7. The standard InChI is InChI=1S/C19H20F3NO/c1-3-14-6-5-7-15(4-2)18(14)23-17(24)12-13-8-10-16(11-9-13)19(20,21)22/h5-11H,3-4,12H2,1-2H3,(H,23,24). The van der Waals surface area contributed by atoms with Crippen LogP contribution in [0.15, 0.2) is 42.5 Å². The van der Waals surface area contributed by atoms with E-state index in [-0.39, 0.29) is 12.3 Å². The van der Waals surface area contributed by atoms with Gasteiger partial charge in [-0.2, -0.15) is 13.2 Å². The summed E-state index contributed by atoms with van der Waals surface area (Å²) in [6.45, 7) is 4.03. The number of nitrogens with one attached hydrogen (secondary N) is 1. The fourth-order valence-electron chi connectivity index (χ4n) is 2.58.